The number of fused-ring (bicyclic) bond motifs is 1. The molecule has 0 bridgehead atoms. The van der Waals surface area contributed by atoms with Crippen molar-refractivity contribution in [1.82, 2.24) is 9.67 Å². The molecule has 0 amide bonds. The van der Waals surface area contributed by atoms with E-state index in [1.165, 1.54) is 12.1 Å². The maximum atomic E-state index is 13.5. The van der Waals surface area contributed by atoms with Gasteiger partial charge in [-0.05, 0) is 17.1 Å². The SMILES string of the molecule is Fc1ccc(C2=Cn3cnc[n+]3C2)c(F)c1. The van der Waals surface area contributed by atoms with Crippen LogP contribution in [0.4, 0.5) is 8.78 Å². The Morgan fingerprint density at radius 3 is 2.94 bits per heavy atom. The number of aromatic nitrogens is 3. The molecule has 0 saturated heterocycles. The highest BCUT2D eigenvalue weighted by atomic mass is 19.1. The summed E-state index contributed by atoms with van der Waals surface area (Å²) < 4.78 is 29.9. The topological polar surface area (TPSA) is 21.7 Å². The first-order valence-corrected chi connectivity index (χ1v) is 4.82. The van der Waals surface area contributed by atoms with Gasteiger partial charge in [0.25, 0.3) is 0 Å². The fraction of sp³-hybridized carbons (Fsp3) is 0.0909. The Morgan fingerprint density at radius 2 is 2.19 bits per heavy atom. The molecular weight excluding hydrogens is 212 g/mol. The van der Waals surface area contributed by atoms with Crippen molar-refractivity contribution in [2.24, 2.45) is 0 Å². The molecule has 80 valence electrons. The number of benzene rings is 1. The van der Waals surface area contributed by atoms with Gasteiger partial charge >= 0.3 is 6.33 Å². The third kappa shape index (κ3) is 1.32. The normalized spacial score (nSPS) is 13.8. The lowest BCUT2D eigenvalue weighted by Crippen LogP contribution is -2.36. The van der Waals surface area contributed by atoms with Crippen molar-refractivity contribution >= 4 is 11.8 Å². The summed E-state index contributed by atoms with van der Waals surface area (Å²) >= 11 is 0. The second kappa shape index (κ2) is 3.23. The standard InChI is InChI=1S/C11H8F2N3/c12-9-1-2-10(11(13)3-9)8-4-15-6-14-7-16(15)5-8/h1-4,6-7H,5H2/q+1. The number of allylic oxidation sites excluding steroid dienone is 1. The number of nitrogens with zero attached hydrogens (tertiary/aromatic N) is 3. The molecule has 0 spiro atoms. The third-order valence-corrected chi connectivity index (χ3v) is 2.58. The van der Waals surface area contributed by atoms with Crippen molar-refractivity contribution in [2.45, 2.75) is 6.54 Å². The highest BCUT2D eigenvalue weighted by Gasteiger charge is 2.20. The van der Waals surface area contributed by atoms with E-state index in [1.54, 1.807) is 23.5 Å². The Labute approximate surface area is 90.3 Å². The zero-order valence-electron chi connectivity index (χ0n) is 8.27. The van der Waals surface area contributed by atoms with Crippen LogP contribution in [0.3, 0.4) is 0 Å². The summed E-state index contributed by atoms with van der Waals surface area (Å²) in [4.78, 5) is 3.94. The van der Waals surface area contributed by atoms with E-state index in [-0.39, 0.29) is 0 Å². The van der Waals surface area contributed by atoms with Crippen molar-refractivity contribution in [3.8, 4) is 0 Å². The molecule has 2 heterocycles. The molecule has 16 heavy (non-hydrogen) atoms. The lowest BCUT2D eigenvalue weighted by molar-refractivity contribution is -0.749. The molecule has 0 atom stereocenters. The molecule has 1 aliphatic rings. The first-order chi connectivity index (χ1) is 7.74. The van der Waals surface area contributed by atoms with Crippen LogP contribution in [0, 0.1) is 11.6 Å². The molecule has 1 aliphatic heterocycles. The molecule has 3 nitrogen and oxygen atoms in total. The smallest absolute Gasteiger partial charge is 0.207 e. The molecule has 0 fully saturated rings. The second-order valence-corrected chi connectivity index (χ2v) is 3.64. The van der Waals surface area contributed by atoms with Gasteiger partial charge in [0.15, 0.2) is 0 Å². The van der Waals surface area contributed by atoms with Crippen LogP contribution in [0.5, 0.6) is 0 Å². The van der Waals surface area contributed by atoms with Crippen LogP contribution in [0.25, 0.3) is 11.8 Å². The summed E-state index contributed by atoms with van der Waals surface area (Å²) in [5.41, 5.74) is 1.23. The first kappa shape index (κ1) is 9.21. The summed E-state index contributed by atoms with van der Waals surface area (Å²) in [6.07, 6.45) is 5.07. The molecule has 0 saturated carbocycles. The molecule has 1 aromatic carbocycles. The lowest BCUT2D eigenvalue weighted by atomic mass is 10.1. The van der Waals surface area contributed by atoms with Crippen LogP contribution in [-0.4, -0.2) is 9.67 Å². The Balaban J connectivity index is 2.04. The average Bonchev–Trinajstić information content (AvgIpc) is 2.76. The van der Waals surface area contributed by atoms with Crippen LogP contribution in [0.15, 0.2) is 30.9 Å². The van der Waals surface area contributed by atoms with Crippen molar-refractivity contribution in [1.29, 1.82) is 0 Å². The third-order valence-electron chi connectivity index (χ3n) is 2.58. The minimum atomic E-state index is -0.561. The van der Waals surface area contributed by atoms with E-state index in [0.717, 1.165) is 11.6 Å². The number of hydrogen-bond donors (Lipinski definition) is 0. The van der Waals surface area contributed by atoms with Crippen molar-refractivity contribution in [2.75, 3.05) is 0 Å². The van der Waals surface area contributed by atoms with Crippen molar-refractivity contribution in [3.05, 3.63) is 48.1 Å². The first-order valence-electron chi connectivity index (χ1n) is 4.82. The minimum Gasteiger partial charge on any atom is -0.207 e. The summed E-state index contributed by atoms with van der Waals surface area (Å²) in [6, 6.07) is 3.61. The molecule has 0 unspecified atom stereocenters. The van der Waals surface area contributed by atoms with E-state index in [1.807, 2.05) is 4.68 Å². The van der Waals surface area contributed by atoms with Gasteiger partial charge in [0.1, 0.15) is 18.2 Å². The lowest BCUT2D eigenvalue weighted by Gasteiger charge is -2.01. The largest absolute Gasteiger partial charge is 0.307 e. The van der Waals surface area contributed by atoms with Gasteiger partial charge in [-0.2, -0.15) is 4.68 Å². The van der Waals surface area contributed by atoms with E-state index < -0.39 is 11.6 Å². The molecule has 0 aliphatic carbocycles. The maximum Gasteiger partial charge on any atom is 0.307 e. The van der Waals surface area contributed by atoms with Crippen molar-refractivity contribution in [3.63, 3.8) is 0 Å². The molecule has 3 rings (SSSR count). The number of hydrogen-bond acceptors (Lipinski definition) is 1. The molecule has 0 N–H and O–H groups in total. The fourth-order valence-corrected chi connectivity index (χ4v) is 1.81. The summed E-state index contributed by atoms with van der Waals surface area (Å²) in [6.45, 7) is 0.544. The molecule has 5 heteroatoms. The van der Waals surface area contributed by atoms with E-state index in [9.17, 15) is 8.78 Å². The highest BCUT2D eigenvalue weighted by molar-refractivity contribution is 5.75. The number of halogens is 2. The van der Waals surface area contributed by atoms with Gasteiger partial charge in [-0.3, -0.25) is 0 Å². The number of rotatable bonds is 1. The molecular formula is C11H8F2N3+. The fourth-order valence-electron chi connectivity index (χ4n) is 1.81. The van der Waals surface area contributed by atoms with Gasteiger partial charge < -0.3 is 0 Å². The predicted octanol–water partition coefficient (Wildman–Crippen LogP) is 1.46. The monoisotopic (exact) mass is 220 g/mol. The predicted molar refractivity (Wildman–Crippen MR) is 52.9 cm³/mol. The van der Waals surface area contributed by atoms with E-state index >= 15 is 0 Å². The van der Waals surface area contributed by atoms with Crippen LogP contribution < -0.4 is 4.68 Å². The van der Waals surface area contributed by atoms with Gasteiger partial charge in [0.2, 0.25) is 6.33 Å². The zero-order valence-corrected chi connectivity index (χ0v) is 8.27. The van der Waals surface area contributed by atoms with Gasteiger partial charge in [-0.15, -0.1) is 4.68 Å². The van der Waals surface area contributed by atoms with Crippen LogP contribution in [0.2, 0.25) is 0 Å². The molecule has 0 radical (unpaired) electrons. The molecule has 2 aromatic rings. The van der Waals surface area contributed by atoms with Gasteiger partial charge in [0.05, 0.1) is 6.20 Å². The second-order valence-electron chi connectivity index (χ2n) is 3.64. The van der Waals surface area contributed by atoms with Crippen molar-refractivity contribution < 1.29 is 13.5 Å². The summed E-state index contributed by atoms with van der Waals surface area (Å²) in [5, 5.41) is 0. The summed E-state index contributed by atoms with van der Waals surface area (Å²) in [5.74, 6) is -1.10. The highest BCUT2D eigenvalue weighted by Crippen LogP contribution is 2.22. The quantitative estimate of drug-likeness (QED) is 0.667. The van der Waals surface area contributed by atoms with Crippen LogP contribution in [0.1, 0.15) is 5.56 Å². The Morgan fingerprint density at radius 1 is 1.31 bits per heavy atom. The van der Waals surface area contributed by atoms with Gasteiger partial charge in [-0.1, -0.05) is 0 Å². The van der Waals surface area contributed by atoms with Gasteiger partial charge in [0, 0.05) is 17.2 Å². The zero-order chi connectivity index (χ0) is 11.1. The van der Waals surface area contributed by atoms with Gasteiger partial charge in [-0.25, -0.2) is 8.78 Å². The summed E-state index contributed by atoms with van der Waals surface area (Å²) in [7, 11) is 0. The van der Waals surface area contributed by atoms with Crippen LogP contribution >= 0.6 is 0 Å². The van der Waals surface area contributed by atoms with E-state index in [2.05, 4.69) is 4.98 Å². The Bertz CT molecular complexity index is 587. The Hall–Kier alpha value is -2.04. The minimum absolute atomic E-state index is 0.428. The van der Waals surface area contributed by atoms with E-state index in [4.69, 9.17) is 0 Å². The van der Waals surface area contributed by atoms with E-state index in [0.29, 0.717) is 12.1 Å². The maximum absolute atomic E-state index is 13.5. The van der Waals surface area contributed by atoms with Crippen LogP contribution in [-0.2, 0) is 6.54 Å². The molecule has 1 aromatic heterocycles. The average molecular weight is 220 g/mol. The Kier molecular flexibility index (Phi) is 1.86.